The van der Waals surface area contributed by atoms with Crippen LogP contribution in [0.1, 0.15) is 23.4 Å². The fourth-order valence-corrected chi connectivity index (χ4v) is 1.29. The first-order valence-corrected chi connectivity index (χ1v) is 4.12. The smallest absolute Gasteiger partial charge is 0.267 e. The first-order chi connectivity index (χ1) is 6.60. The molecule has 0 spiro atoms. The van der Waals surface area contributed by atoms with Crippen LogP contribution in [-0.2, 0) is 6.54 Å². The number of hydrogen-bond acceptors (Lipinski definition) is 3. The molecule has 0 fully saturated rings. The van der Waals surface area contributed by atoms with Crippen LogP contribution in [0, 0.1) is 6.92 Å². The van der Waals surface area contributed by atoms with Gasteiger partial charge in [-0.2, -0.15) is 0 Å². The summed E-state index contributed by atoms with van der Waals surface area (Å²) in [5.74, 6) is 0.0908. The SMILES string of the molecule is COc1c(C(F)F)cc(C)nc1CN. The van der Waals surface area contributed by atoms with Gasteiger partial charge in [0, 0.05) is 12.2 Å². The summed E-state index contributed by atoms with van der Waals surface area (Å²) in [5, 5.41) is 0. The van der Waals surface area contributed by atoms with E-state index in [-0.39, 0.29) is 17.9 Å². The van der Waals surface area contributed by atoms with Crippen molar-refractivity contribution in [3.8, 4) is 5.75 Å². The molecule has 1 aromatic rings. The average molecular weight is 202 g/mol. The van der Waals surface area contributed by atoms with E-state index in [1.54, 1.807) is 6.92 Å². The molecular weight excluding hydrogens is 190 g/mol. The minimum atomic E-state index is -2.57. The van der Waals surface area contributed by atoms with Gasteiger partial charge >= 0.3 is 0 Å². The van der Waals surface area contributed by atoms with Crippen molar-refractivity contribution < 1.29 is 13.5 Å². The van der Waals surface area contributed by atoms with Crippen molar-refractivity contribution in [1.29, 1.82) is 0 Å². The van der Waals surface area contributed by atoms with E-state index in [4.69, 9.17) is 10.5 Å². The Labute approximate surface area is 80.9 Å². The monoisotopic (exact) mass is 202 g/mol. The number of aryl methyl sites for hydroxylation is 1. The number of methoxy groups -OCH3 is 1. The van der Waals surface area contributed by atoms with Crippen LogP contribution < -0.4 is 10.5 Å². The van der Waals surface area contributed by atoms with Crippen LogP contribution >= 0.6 is 0 Å². The molecule has 5 heteroatoms. The second-order valence-electron chi connectivity index (χ2n) is 2.84. The number of halogens is 2. The fraction of sp³-hybridized carbons (Fsp3) is 0.444. The molecule has 0 bridgehead atoms. The number of pyridine rings is 1. The normalized spacial score (nSPS) is 10.7. The Kier molecular flexibility index (Phi) is 3.35. The lowest BCUT2D eigenvalue weighted by atomic mass is 10.1. The number of hydrogen-bond donors (Lipinski definition) is 1. The molecule has 1 aromatic heterocycles. The second-order valence-corrected chi connectivity index (χ2v) is 2.84. The maximum atomic E-state index is 12.6. The van der Waals surface area contributed by atoms with E-state index in [9.17, 15) is 8.78 Å². The molecule has 0 amide bonds. The first-order valence-electron chi connectivity index (χ1n) is 4.12. The summed E-state index contributed by atoms with van der Waals surface area (Å²) >= 11 is 0. The van der Waals surface area contributed by atoms with Crippen molar-refractivity contribution in [3.05, 3.63) is 23.0 Å². The topological polar surface area (TPSA) is 48.1 Å². The highest BCUT2D eigenvalue weighted by Gasteiger charge is 2.18. The van der Waals surface area contributed by atoms with Crippen molar-refractivity contribution in [1.82, 2.24) is 4.98 Å². The molecule has 0 atom stereocenters. The van der Waals surface area contributed by atoms with Crippen LogP contribution in [0.5, 0.6) is 5.75 Å². The lowest BCUT2D eigenvalue weighted by molar-refractivity contribution is 0.146. The molecule has 0 radical (unpaired) electrons. The molecule has 1 rings (SSSR count). The summed E-state index contributed by atoms with van der Waals surface area (Å²) in [7, 11) is 1.33. The van der Waals surface area contributed by atoms with E-state index in [1.807, 2.05) is 0 Å². The van der Waals surface area contributed by atoms with Crippen molar-refractivity contribution in [2.24, 2.45) is 5.73 Å². The van der Waals surface area contributed by atoms with E-state index < -0.39 is 6.43 Å². The van der Waals surface area contributed by atoms with Crippen LogP contribution in [0.4, 0.5) is 8.78 Å². The van der Waals surface area contributed by atoms with Gasteiger partial charge in [0.25, 0.3) is 6.43 Å². The molecule has 0 aliphatic heterocycles. The Hall–Kier alpha value is -1.23. The summed E-state index contributed by atoms with van der Waals surface area (Å²) in [5.41, 5.74) is 6.10. The molecule has 0 saturated carbocycles. The standard InChI is InChI=1S/C9H12F2N2O/c1-5-3-6(9(10)11)8(14-2)7(4-12)13-5/h3,9H,4,12H2,1-2H3. The Morgan fingerprint density at radius 3 is 2.64 bits per heavy atom. The van der Waals surface area contributed by atoms with Gasteiger partial charge in [-0.3, -0.25) is 4.98 Å². The predicted molar refractivity (Wildman–Crippen MR) is 48.4 cm³/mol. The third kappa shape index (κ3) is 1.98. The summed E-state index contributed by atoms with van der Waals surface area (Å²) in [6.45, 7) is 1.73. The fourth-order valence-electron chi connectivity index (χ4n) is 1.29. The number of nitrogens with zero attached hydrogens (tertiary/aromatic N) is 1. The van der Waals surface area contributed by atoms with Crippen LogP contribution in [-0.4, -0.2) is 12.1 Å². The van der Waals surface area contributed by atoms with Crippen LogP contribution in [0.25, 0.3) is 0 Å². The van der Waals surface area contributed by atoms with E-state index in [1.165, 1.54) is 13.2 Å². The summed E-state index contributed by atoms with van der Waals surface area (Å²) in [6.07, 6.45) is -2.57. The minimum Gasteiger partial charge on any atom is -0.494 e. The van der Waals surface area contributed by atoms with Gasteiger partial charge in [0.1, 0.15) is 0 Å². The quantitative estimate of drug-likeness (QED) is 0.812. The highest BCUT2D eigenvalue weighted by atomic mass is 19.3. The molecule has 0 aliphatic rings. The number of rotatable bonds is 3. The number of ether oxygens (including phenoxy) is 1. The molecule has 0 unspecified atom stereocenters. The Morgan fingerprint density at radius 2 is 2.21 bits per heavy atom. The third-order valence-electron chi connectivity index (χ3n) is 1.83. The summed E-state index contributed by atoms with van der Waals surface area (Å²) in [6, 6.07) is 1.31. The lowest BCUT2D eigenvalue weighted by Gasteiger charge is -2.12. The van der Waals surface area contributed by atoms with Gasteiger partial charge in [-0.15, -0.1) is 0 Å². The van der Waals surface area contributed by atoms with Gasteiger partial charge in [0.05, 0.1) is 18.4 Å². The molecule has 3 nitrogen and oxygen atoms in total. The second kappa shape index (κ2) is 4.32. The van der Waals surface area contributed by atoms with E-state index in [0.29, 0.717) is 11.4 Å². The largest absolute Gasteiger partial charge is 0.494 e. The van der Waals surface area contributed by atoms with Crippen molar-refractivity contribution in [2.75, 3.05) is 7.11 Å². The maximum absolute atomic E-state index is 12.6. The highest BCUT2D eigenvalue weighted by molar-refractivity contribution is 5.39. The Morgan fingerprint density at radius 1 is 1.57 bits per heavy atom. The van der Waals surface area contributed by atoms with Gasteiger partial charge < -0.3 is 10.5 Å². The molecule has 0 aromatic carbocycles. The van der Waals surface area contributed by atoms with Crippen molar-refractivity contribution in [3.63, 3.8) is 0 Å². The Bertz CT molecular complexity index is 329. The Balaban J connectivity index is 3.31. The average Bonchev–Trinajstić information content (AvgIpc) is 2.16. The van der Waals surface area contributed by atoms with Gasteiger partial charge in [-0.25, -0.2) is 8.78 Å². The van der Waals surface area contributed by atoms with Crippen molar-refractivity contribution in [2.45, 2.75) is 19.9 Å². The van der Waals surface area contributed by atoms with Gasteiger partial charge in [0.15, 0.2) is 5.75 Å². The molecule has 14 heavy (non-hydrogen) atoms. The summed E-state index contributed by atoms with van der Waals surface area (Å²) < 4.78 is 30.0. The summed E-state index contributed by atoms with van der Waals surface area (Å²) in [4.78, 5) is 4.02. The van der Waals surface area contributed by atoms with E-state index in [0.717, 1.165) is 0 Å². The van der Waals surface area contributed by atoms with E-state index >= 15 is 0 Å². The molecular formula is C9H12F2N2O. The van der Waals surface area contributed by atoms with Crippen LogP contribution in [0.2, 0.25) is 0 Å². The maximum Gasteiger partial charge on any atom is 0.267 e. The number of alkyl halides is 2. The predicted octanol–water partition coefficient (Wildman–Crippen LogP) is 1.79. The zero-order chi connectivity index (χ0) is 10.7. The molecule has 1 heterocycles. The van der Waals surface area contributed by atoms with Crippen LogP contribution in [0.15, 0.2) is 6.07 Å². The number of aromatic nitrogens is 1. The molecule has 0 aliphatic carbocycles. The zero-order valence-corrected chi connectivity index (χ0v) is 8.05. The van der Waals surface area contributed by atoms with Gasteiger partial charge in [-0.05, 0) is 13.0 Å². The molecule has 78 valence electrons. The molecule has 2 N–H and O–H groups in total. The van der Waals surface area contributed by atoms with Crippen LogP contribution in [0.3, 0.4) is 0 Å². The van der Waals surface area contributed by atoms with Gasteiger partial charge in [0.2, 0.25) is 0 Å². The third-order valence-corrected chi connectivity index (χ3v) is 1.83. The highest BCUT2D eigenvalue weighted by Crippen LogP contribution is 2.31. The lowest BCUT2D eigenvalue weighted by Crippen LogP contribution is -2.07. The molecule has 0 saturated heterocycles. The first kappa shape index (κ1) is 10.8. The minimum absolute atomic E-state index is 0.0879. The van der Waals surface area contributed by atoms with E-state index in [2.05, 4.69) is 4.98 Å². The van der Waals surface area contributed by atoms with Gasteiger partial charge in [-0.1, -0.05) is 0 Å². The zero-order valence-electron chi connectivity index (χ0n) is 8.05. The van der Waals surface area contributed by atoms with Crippen molar-refractivity contribution >= 4 is 0 Å². The number of nitrogens with two attached hydrogens (primary N) is 1.